The number of fused-ring (bicyclic) bond motifs is 1. The molecule has 0 unspecified atom stereocenters. The minimum atomic E-state index is -4.58. The van der Waals surface area contributed by atoms with Crippen LogP contribution in [0.1, 0.15) is 27.7 Å². The number of aromatic nitrogens is 2. The lowest BCUT2D eigenvalue weighted by Crippen LogP contribution is -2.43. The zero-order valence-electron chi connectivity index (χ0n) is 16.4. The summed E-state index contributed by atoms with van der Waals surface area (Å²) in [5.41, 5.74) is 0.639. The van der Waals surface area contributed by atoms with Gasteiger partial charge in [0.2, 0.25) is 0 Å². The normalized spacial score (nSPS) is 14.7. The number of halogens is 3. The lowest BCUT2D eigenvalue weighted by Gasteiger charge is -2.35. The van der Waals surface area contributed by atoms with E-state index in [-0.39, 0.29) is 30.3 Å². The van der Waals surface area contributed by atoms with E-state index in [9.17, 15) is 23.1 Å². The number of aliphatic hydroxyl groups is 1. The zero-order chi connectivity index (χ0) is 22.2. The molecule has 0 spiro atoms. The summed E-state index contributed by atoms with van der Waals surface area (Å²) < 4.78 is 44.8. The first-order valence-corrected chi connectivity index (χ1v) is 9.38. The molecular weight excluding hydrogens is 413 g/mol. The zero-order valence-corrected chi connectivity index (χ0v) is 16.4. The summed E-state index contributed by atoms with van der Waals surface area (Å²) >= 11 is 0. The molecule has 0 radical (unpaired) electrons. The van der Waals surface area contributed by atoms with Crippen LogP contribution in [0.25, 0.3) is 11.1 Å². The first-order chi connectivity index (χ1) is 14.8. The highest BCUT2D eigenvalue weighted by molar-refractivity contribution is 6.02. The number of rotatable bonds is 5. The Morgan fingerprint density at radius 2 is 2.03 bits per heavy atom. The molecule has 0 bridgehead atoms. The number of anilines is 1. The Hall–Kier alpha value is -3.53. The number of nitrogens with zero attached hydrogens (tertiary/aromatic N) is 2. The average molecular weight is 432 g/mol. The van der Waals surface area contributed by atoms with Crippen molar-refractivity contribution in [3.05, 3.63) is 65.5 Å². The molecule has 4 rings (SSSR count). The van der Waals surface area contributed by atoms with Crippen LogP contribution in [0.4, 0.5) is 18.9 Å². The number of aromatic amines is 1. The summed E-state index contributed by atoms with van der Waals surface area (Å²) in [6.45, 7) is -0.229. The third-order valence-corrected chi connectivity index (χ3v) is 5.21. The molecule has 1 aliphatic rings. The van der Waals surface area contributed by atoms with Gasteiger partial charge in [-0.2, -0.15) is 18.3 Å². The fraction of sp³-hybridized carbons (Fsp3) is 0.238. The minimum Gasteiger partial charge on any atom is -0.497 e. The van der Waals surface area contributed by atoms with Crippen LogP contribution in [0.3, 0.4) is 0 Å². The van der Waals surface area contributed by atoms with Crippen LogP contribution in [0.2, 0.25) is 0 Å². The van der Waals surface area contributed by atoms with Gasteiger partial charge in [-0.25, -0.2) is 0 Å². The first-order valence-electron chi connectivity index (χ1n) is 9.38. The molecule has 0 aliphatic carbocycles. The number of alkyl halides is 3. The van der Waals surface area contributed by atoms with Crippen molar-refractivity contribution < 1.29 is 27.8 Å². The largest absolute Gasteiger partial charge is 0.497 e. The monoisotopic (exact) mass is 432 g/mol. The Balaban J connectivity index is 1.65. The topological polar surface area (TPSA) is 90.5 Å². The average Bonchev–Trinajstić information content (AvgIpc) is 3.26. The Morgan fingerprint density at radius 1 is 1.23 bits per heavy atom. The van der Waals surface area contributed by atoms with Crippen molar-refractivity contribution in [1.29, 1.82) is 0 Å². The molecule has 0 fully saturated rings. The highest BCUT2D eigenvalue weighted by atomic mass is 19.4. The van der Waals surface area contributed by atoms with Crippen molar-refractivity contribution in [3.63, 3.8) is 0 Å². The van der Waals surface area contributed by atoms with Crippen molar-refractivity contribution in [1.82, 2.24) is 15.1 Å². The van der Waals surface area contributed by atoms with Gasteiger partial charge in [-0.1, -0.05) is 18.2 Å². The molecule has 162 valence electrons. The third-order valence-electron chi connectivity index (χ3n) is 5.21. The lowest BCUT2D eigenvalue weighted by molar-refractivity contribution is -0.140. The second-order valence-electron chi connectivity index (χ2n) is 7.00. The van der Waals surface area contributed by atoms with E-state index in [1.165, 1.54) is 30.2 Å². The maximum Gasteiger partial charge on any atom is 0.433 e. The van der Waals surface area contributed by atoms with E-state index < -0.39 is 17.9 Å². The Bertz CT molecular complexity index is 1110. The molecule has 7 nitrogen and oxygen atoms in total. The van der Waals surface area contributed by atoms with Gasteiger partial charge in [0.1, 0.15) is 11.4 Å². The summed E-state index contributed by atoms with van der Waals surface area (Å²) in [6.07, 6.45) is -3.47. The lowest BCUT2D eigenvalue weighted by atomic mass is 9.99. The molecule has 2 aromatic carbocycles. The number of carbonyl (C=O) groups excluding carboxylic acids is 1. The van der Waals surface area contributed by atoms with Gasteiger partial charge >= 0.3 is 6.18 Å². The highest BCUT2D eigenvalue weighted by Crippen LogP contribution is 2.38. The van der Waals surface area contributed by atoms with Crippen LogP contribution < -0.4 is 10.1 Å². The number of H-pyrrole nitrogens is 1. The van der Waals surface area contributed by atoms with Crippen LogP contribution in [0, 0.1) is 0 Å². The standard InChI is InChI=1S/C21H19F3N4O3/c1-31-14-4-2-3-13(7-14)18(10-29)28-11-25-17-8-12(5-6-15(17)20(28)30)16-9-26-27-19(16)21(22,23)24/h2-9,18,25,29H,10-11H2,1H3,(H,26,27)/t18-/m1/s1. The number of hydrogen-bond acceptors (Lipinski definition) is 5. The smallest absolute Gasteiger partial charge is 0.433 e. The van der Waals surface area contributed by atoms with E-state index in [2.05, 4.69) is 10.4 Å². The first kappa shape index (κ1) is 20.7. The van der Waals surface area contributed by atoms with Gasteiger partial charge in [0, 0.05) is 11.3 Å². The summed E-state index contributed by atoms with van der Waals surface area (Å²) in [4.78, 5) is 14.6. The number of aliphatic hydroxyl groups excluding tert-OH is 1. The van der Waals surface area contributed by atoms with E-state index in [0.717, 1.165) is 6.20 Å². The summed E-state index contributed by atoms with van der Waals surface area (Å²) in [6, 6.07) is 10.8. The van der Waals surface area contributed by atoms with Crippen molar-refractivity contribution in [2.75, 3.05) is 25.7 Å². The fourth-order valence-electron chi connectivity index (χ4n) is 3.65. The van der Waals surface area contributed by atoms with E-state index in [1.54, 1.807) is 24.3 Å². The number of amides is 1. The van der Waals surface area contributed by atoms with E-state index in [4.69, 9.17) is 4.74 Å². The van der Waals surface area contributed by atoms with Crippen LogP contribution >= 0.6 is 0 Å². The van der Waals surface area contributed by atoms with Crippen molar-refractivity contribution in [3.8, 4) is 16.9 Å². The summed E-state index contributed by atoms with van der Waals surface area (Å²) in [5.74, 6) is 0.254. The van der Waals surface area contributed by atoms with E-state index >= 15 is 0 Å². The molecule has 1 amide bonds. The predicted octanol–water partition coefficient (Wildman–Crippen LogP) is 3.66. The molecule has 1 aliphatic heterocycles. The summed E-state index contributed by atoms with van der Waals surface area (Å²) in [7, 11) is 1.53. The van der Waals surface area contributed by atoms with Gasteiger partial charge in [0.25, 0.3) is 5.91 Å². The second kappa shape index (κ2) is 7.95. The van der Waals surface area contributed by atoms with Gasteiger partial charge in [0.05, 0.1) is 38.2 Å². The van der Waals surface area contributed by atoms with E-state index in [1.807, 2.05) is 5.10 Å². The number of carbonyl (C=O) groups is 1. The molecule has 31 heavy (non-hydrogen) atoms. The van der Waals surface area contributed by atoms with E-state index in [0.29, 0.717) is 22.6 Å². The van der Waals surface area contributed by atoms with Gasteiger partial charge < -0.3 is 20.1 Å². The van der Waals surface area contributed by atoms with Crippen LogP contribution in [-0.4, -0.2) is 46.5 Å². The Labute approximate surface area is 175 Å². The Kier molecular flexibility index (Phi) is 5.32. The van der Waals surface area contributed by atoms with Gasteiger partial charge in [-0.15, -0.1) is 0 Å². The number of ether oxygens (including phenoxy) is 1. The Morgan fingerprint density at radius 3 is 2.74 bits per heavy atom. The molecule has 2 heterocycles. The van der Waals surface area contributed by atoms with Gasteiger partial charge in [-0.05, 0) is 35.4 Å². The minimum absolute atomic E-state index is 0.0786. The predicted molar refractivity (Wildman–Crippen MR) is 107 cm³/mol. The molecule has 0 saturated heterocycles. The number of benzene rings is 2. The maximum atomic E-state index is 13.2. The van der Waals surface area contributed by atoms with Crippen LogP contribution in [0.5, 0.6) is 5.75 Å². The van der Waals surface area contributed by atoms with Crippen molar-refractivity contribution in [2.24, 2.45) is 0 Å². The van der Waals surface area contributed by atoms with Crippen LogP contribution in [-0.2, 0) is 6.18 Å². The third kappa shape index (κ3) is 3.81. The SMILES string of the molecule is COc1cccc([C@@H](CO)N2CNc3cc(-c4cn[nH]c4C(F)(F)F)ccc3C2=O)c1. The highest BCUT2D eigenvalue weighted by Gasteiger charge is 2.36. The number of nitrogens with one attached hydrogen (secondary N) is 2. The van der Waals surface area contributed by atoms with Crippen LogP contribution in [0.15, 0.2) is 48.7 Å². The fourth-order valence-corrected chi connectivity index (χ4v) is 3.65. The molecule has 0 saturated carbocycles. The number of methoxy groups -OCH3 is 1. The van der Waals surface area contributed by atoms with Gasteiger partial charge in [-0.3, -0.25) is 9.89 Å². The maximum absolute atomic E-state index is 13.2. The summed E-state index contributed by atoms with van der Waals surface area (Å²) in [5, 5.41) is 18.5. The molecule has 1 atom stereocenters. The van der Waals surface area contributed by atoms with Gasteiger partial charge in [0.15, 0.2) is 0 Å². The number of hydrogen-bond donors (Lipinski definition) is 3. The molecule has 3 aromatic rings. The molecule has 10 heteroatoms. The molecular formula is C21H19F3N4O3. The second-order valence-corrected chi connectivity index (χ2v) is 7.00. The molecule has 1 aromatic heterocycles. The molecule has 3 N–H and O–H groups in total. The van der Waals surface area contributed by atoms with Crippen molar-refractivity contribution >= 4 is 11.6 Å². The van der Waals surface area contributed by atoms with Crippen molar-refractivity contribution in [2.45, 2.75) is 12.2 Å². The quantitative estimate of drug-likeness (QED) is 0.573.